The van der Waals surface area contributed by atoms with Gasteiger partial charge in [-0.1, -0.05) is 30.3 Å². The Hall–Kier alpha value is -2.36. The second-order valence-electron chi connectivity index (χ2n) is 5.73. The summed E-state index contributed by atoms with van der Waals surface area (Å²) in [4.78, 5) is 11.1. The Morgan fingerprint density at radius 3 is 2.18 bits per heavy atom. The van der Waals surface area contributed by atoms with Crippen molar-refractivity contribution < 1.29 is 62.6 Å². The molecule has 2 aromatic carbocycles. The predicted molar refractivity (Wildman–Crippen MR) is 96.9 cm³/mol. The zero-order chi connectivity index (χ0) is 19.8. The van der Waals surface area contributed by atoms with Crippen LogP contribution in [0.1, 0.15) is 11.1 Å². The van der Waals surface area contributed by atoms with E-state index in [-0.39, 0.29) is 52.0 Å². The molecule has 0 heterocycles. The smallest absolute Gasteiger partial charge is 0.504 e. The molecule has 2 aromatic rings. The molecule has 0 aromatic heterocycles. The van der Waals surface area contributed by atoms with Crippen molar-refractivity contribution in [2.45, 2.75) is 4.90 Å². The third-order valence-electron chi connectivity index (χ3n) is 3.95. The van der Waals surface area contributed by atoms with E-state index < -0.39 is 32.3 Å². The maximum absolute atomic E-state index is 11.8. The number of carbonyl (C=O) groups is 1. The largest absolute Gasteiger partial charge is 1.00 e. The minimum Gasteiger partial charge on any atom is -0.504 e. The first-order valence-electron chi connectivity index (χ1n) is 7.65. The molecule has 0 fully saturated rings. The maximum Gasteiger partial charge on any atom is 1.00 e. The molecule has 1 aliphatic rings. The number of ketones is 1. The van der Waals surface area contributed by atoms with Crippen LogP contribution in [0.2, 0.25) is 0 Å². The number of rotatable bonds is 3. The molecular weight excluding hydrogens is 395 g/mol. The van der Waals surface area contributed by atoms with Crippen molar-refractivity contribution in [3.63, 3.8) is 0 Å². The molecular formula is C19H14NaO7S+. The van der Waals surface area contributed by atoms with Crippen molar-refractivity contribution in [3.05, 3.63) is 83.2 Å². The summed E-state index contributed by atoms with van der Waals surface area (Å²) < 4.78 is 33.2. The van der Waals surface area contributed by atoms with Gasteiger partial charge < -0.3 is 15.3 Å². The molecule has 0 atom stereocenters. The summed E-state index contributed by atoms with van der Waals surface area (Å²) in [5, 5.41) is 29.2. The second kappa shape index (κ2) is 8.34. The average molecular weight is 409 g/mol. The number of aromatic hydroxyl groups is 2. The molecule has 0 bridgehead atoms. The molecule has 0 aliphatic heterocycles. The molecule has 138 valence electrons. The van der Waals surface area contributed by atoms with Crippen molar-refractivity contribution >= 4 is 21.5 Å². The van der Waals surface area contributed by atoms with Gasteiger partial charge in [0.1, 0.15) is 4.90 Å². The van der Waals surface area contributed by atoms with Gasteiger partial charge in [0.15, 0.2) is 17.3 Å². The number of phenolic OH excluding ortho intramolecular Hbond substituents is 2. The molecule has 0 radical (unpaired) electrons. The summed E-state index contributed by atoms with van der Waals surface area (Å²) in [5.74, 6) is -1.98. The fourth-order valence-electron chi connectivity index (χ4n) is 2.73. The van der Waals surface area contributed by atoms with Crippen molar-refractivity contribution in [2.24, 2.45) is 0 Å². The number of benzene rings is 2. The fraction of sp³-hybridized carbons (Fsp3) is 0. The van der Waals surface area contributed by atoms with Crippen LogP contribution in [0.15, 0.2) is 76.9 Å². The van der Waals surface area contributed by atoms with Gasteiger partial charge >= 0.3 is 29.6 Å². The summed E-state index contributed by atoms with van der Waals surface area (Å²) in [7, 11) is -4.59. The maximum atomic E-state index is 11.8. The van der Waals surface area contributed by atoms with Crippen LogP contribution in [-0.2, 0) is 14.9 Å². The standard InChI is InChI=1S/C19H14O7S.Na/c20-14-7-5-11(9-16(14)22)19(12-6-8-15(21)17(23)10-12)13-3-1-2-4-18(13)27(24,25)26;/h1-10,20,22-23H,(H,24,25,26);/q;+1/b19-12+;. The molecule has 0 amide bonds. The Morgan fingerprint density at radius 1 is 0.893 bits per heavy atom. The quantitative estimate of drug-likeness (QED) is 0.312. The summed E-state index contributed by atoms with van der Waals surface area (Å²) in [6.07, 6.45) is 3.64. The summed E-state index contributed by atoms with van der Waals surface area (Å²) in [5.41, 5.74) is 0.865. The zero-order valence-electron chi connectivity index (χ0n) is 14.7. The van der Waals surface area contributed by atoms with Crippen LogP contribution >= 0.6 is 0 Å². The van der Waals surface area contributed by atoms with Crippen LogP contribution in [0.3, 0.4) is 0 Å². The number of hydrogen-bond acceptors (Lipinski definition) is 6. The van der Waals surface area contributed by atoms with Crippen LogP contribution in [0.4, 0.5) is 0 Å². The van der Waals surface area contributed by atoms with E-state index in [4.69, 9.17) is 0 Å². The third kappa shape index (κ3) is 4.37. The van der Waals surface area contributed by atoms with E-state index in [1.54, 1.807) is 6.07 Å². The van der Waals surface area contributed by atoms with Crippen LogP contribution in [-0.4, -0.2) is 34.1 Å². The van der Waals surface area contributed by atoms with Crippen molar-refractivity contribution in [1.29, 1.82) is 0 Å². The first-order valence-corrected chi connectivity index (χ1v) is 9.09. The Bertz CT molecular complexity index is 1140. The molecule has 1 aliphatic carbocycles. The predicted octanol–water partition coefficient (Wildman–Crippen LogP) is -0.269. The van der Waals surface area contributed by atoms with Crippen LogP contribution < -0.4 is 29.6 Å². The minimum atomic E-state index is -4.59. The summed E-state index contributed by atoms with van der Waals surface area (Å²) in [6.45, 7) is 0. The normalized spacial score (nSPS) is 15.6. The van der Waals surface area contributed by atoms with E-state index in [1.165, 1.54) is 42.5 Å². The number of allylic oxidation sites excluding steroid dienone is 4. The number of hydrogen-bond donors (Lipinski definition) is 4. The first kappa shape index (κ1) is 21.9. The Kier molecular flexibility index (Phi) is 6.53. The Balaban J connectivity index is 0.00000280. The van der Waals surface area contributed by atoms with Gasteiger partial charge in [0.25, 0.3) is 10.1 Å². The monoisotopic (exact) mass is 409 g/mol. The Labute approximate surface area is 183 Å². The van der Waals surface area contributed by atoms with E-state index in [1.807, 2.05) is 0 Å². The molecule has 0 saturated carbocycles. The summed E-state index contributed by atoms with van der Waals surface area (Å²) >= 11 is 0. The van der Waals surface area contributed by atoms with Crippen molar-refractivity contribution in [1.82, 2.24) is 0 Å². The minimum absolute atomic E-state index is 0. The number of carbonyl (C=O) groups excluding carboxylic acids is 1. The van der Waals surface area contributed by atoms with Gasteiger partial charge in [-0.3, -0.25) is 9.35 Å². The number of aliphatic hydroxyl groups is 1. The van der Waals surface area contributed by atoms with E-state index in [0.717, 1.165) is 12.2 Å². The van der Waals surface area contributed by atoms with Crippen LogP contribution in [0.5, 0.6) is 11.5 Å². The van der Waals surface area contributed by atoms with Gasteiger partial charge in [0.2, 0.25) is 5.78 Å². The van der Waals surface area contributed by atoms with E-state index in [0.29, 0.717) is 5.56 Å². The van der Waals surface area contributed by atoms with Crippen LogP contribution in [0.25, 0.3) is 5.57 Å². The molecule has 0 spiro atoms. The molecule has 7 nitrogen and oxygen atoms in total. The number of phenols is 2. The molecule has 0 saturated heterocycles. The van der Waals surface area contributed by atoms with Gasteiger partial charge in [-0.25, -0.2) is 0 Å². The van der Waals surface area contributed by atoms with Gasteiger partial charge in [0.05, 0.1) is 0 Å². The summed E-state index contributed by atoms with van der Waals surface area (Å²) in [6, 6.07) is 9.45. The van der Waals surface area contributed by atoms with Crippen molar-refractivity contribution in [3.8, 4) is 11.5 Å². The molecule has 0 unspecified atom stereocenters. The van der Waals surface area contributed by atoms with Crippen molar-refractivity contribution in [2.75, 3.05) is 0 Å². The fourth-order valence-corrected chi connectivity index (χ4v) is 3.43. The van der Waals surface area contributed by atoms with E-state index >= 15 is 0 Å². The molecule has 4 N–H and O–H groups in total. The number of aliphatic hydroxyl groups excluding tert-OH is 1. The van der Waals surface area contributed by atoms with Gasteiger partial charge in [-0.2, -0.15) is 8.42 Å². The second-order valence-corrected chi connectivity index (χ2v) is 7.12. The third-order valence-corrected chi connectivity index (χ3v) is 4.86. The van der Waals surface area contributed by atoms with Gasteiger partial charge in [-0.05, 0) is 47.1 Å². The van der Waals surface area contributed by atoms with E-state index in [2.05, 4.69) is 0 Å². The topological polar surface area (TPSA) is 132 Å². The van der Waals surface area contributed by atoms with Crippen LogP contribution in [0, 0.1) is 0 Å². The zero-order valence-corrected chi connectivity index (χ0v) is 17.5. The van der Waals surface area contributed by atoms with Gasteiger partial charge in [-0.15, -0.1) is 0 Å². The molecule has 9 heteroatoms. The SMILES string of the molecule is O=C1C=C/C(=C(/c2ccc(O)c(O)c2)c2ccccc2S(=O)(=O)O)C=C1O.[Na+]. The molecule has 3 rings (SSSR count). The van der Waals surface area contributed by atoms with Gasteiger partial charge in [0, 0.05) is 5.56 Å². The molecule has 28 heavy (non-hydrogen) atoms. The average Bonchev–Trinajstić information content (AvgIpc) is 2.61. The Morgan fingerprint density at radius 2 is 1.57 bits per heavy atom. The van der Waals surface area contributed by atoms with E-state index in [9.17, 15) is 33.1 Å². The first-order chi connectivity index (χ1) is 12.7.